The number of aromatic nitrogens is 1. The molecule has 1 saturated heterocycles. The van der Waals surface area contributed by atoms with Gasteiger partial charge in [-0.25, -0.2) is 10.8 Å². The Kier molecular flexibility index (Phi) is 4.70. The average molecular weight is 281 g/mol. The number of hydrogen-bond donors (Lipinski definition) is 2. The van der Waals surface area contributed by atoms with Crippen LogP contribution in [0.25, 0.3) is 0 Å². The van der Waals surface area contributed by atoms with E-state index in [0.29, 0.717) is 12.4 Å². The average Bonchev–Trinajstić information content (AvgIpc) is 2.47. The van der Waals surface area contributed by atoms with E-state index in [-0.39, 0.29) is 17.6 Å². The van der Waals surface area contributed by atoms with Crippen LogP contribution in [0.5, 0.6) is 0 Å². The van der Waals surface area contributed by atoms with E-state index in [2.05, 4.69) is 10.4 Å². The molecule has 1 atom stereocenters. The van der Waals surface area contributed by atoms with Crippen molar-refractivity contribution in [2.75, 3.05) is 30.5 Å². The Morgan fingerprint density at radius 3 is 3.00 bits per heavy atom. The molecule has 2 heterocycles. The van der Waals surface area contributed by atoms with Gasteiger partial charge in [0.2, 0.25) is 0 Å². The number of likely N-dealkylation sites (N-methyl/N-ethyl adjacent to an activating group) is 1. The first-order valence-electron chi connectivity index (χ1n) is 6.56. The minimum Gasteiger partial charge on any atom is -0.376 e. The van der Waals surface area contributed by atoms with E-state index in [1.807, 2.05) is 11.9 Å². The summed E-state index contributed by atoms with van der Waals surface area (Å²) in [4.78, 5) is 16.5. The molecule has 1 unspecified atom stereocenters. The van der Waals surface area contributed by atoms with Gasteiger partial charge in [-0.1, -0.05) is 0 Å². The van der Waals surface area contributed by atoms with Crippen LogP contribution in [-0.2, 0) is 4.74 Å². The summed E-state index contributed by atoms with van der Waals surface area (Å²) in [7, 11) is 1.84. The summed E-state index contributed by atoms with van der Waals surface area (Å²) >= 11 is 0. The predicted octanol–water partition coefficient (Wildman–Crippen LogP) is 1.28. The number of ether oxygens (including phenoxy) is 1. The predicted molar refractivity (Wildman–Crippen MR) is 75.6 cm³/mol. The Morgan fingerprint density at radius 1 is 1.60 bits per heavy atom. The third-order valence-corrected chi connectivity index (χ3v) is 3.30. The van der Waals surface area contributed by atoms with Gasteiger partial charge in [-0.3, -0.25) is 10.1 Å². The number of nitrogen functional groups attached to an aromatic ring is 1. The lowest BCUT2D eigenvalue weighted by Gasteiger charge is -2.28. The van der Waals surface area contributed by atoms with Crippen LogP contribution >= 0.6 is 0 Å². The van der Waals surface area contributed by atoms with Gasteiger partial charge in [-0.05, 0) is 19.3 Å². The summed E-state index contributed by atoms with van der Waals surface area (Å²) in [5, 5.41) is 10.9. The van der Waals surface area contributed by atoms with E-state index in [0.717, 1.165) is 25.9 Å². The number of pyridine rings is 1. The van der Waals surface area contributed by atoms with Crippen LogP contribution < -0.4 is 16.2 Å². The summed E-state index contributed by atoms with van der Waals surface area (Å²) in [6, 6.07) is 2.73. The molecule has 0 spiro atoms. The van der Waals surface area contributed by atoms with Gasteiger partial charge in [0.25, 0.3) is 5.69 Å². The highest BCUT2D eigenvalue weighted by molar-refractivity contribution is 5.55. The quantitative estimate of drug-likeness (QED) is 0.475. The molecule has 0 amide bonds. The molecule has 0 radical (unpaired) electrons. The van der Waals surface area contributed by atoms with Gasteiger partial charge in [0.05, 0.1) is 23.2 Å². The van der Waals surface area contributed by atoms with E-state index in [1.165, 1.54) is 12.1 Å². The lowest BCUT2D eigenvalue weighted by atomic mass is 10.1. The number of anilines is 2. The Balaban J connectivity index is 2.13. The van der Waals surface area contributed by atoms with Crippen LogP contribution in [0.3, 0.4) is 0 Å². The Labute approximate surface area is 117 Å². The van der Waals surface area contributed by atoms with Crippen molar-refractivity contribution in [1.82, 2.24) is 4.98 Å². The number of nitrogens with one attached hydrogen (secondary N) is 1. The first kappa shape index (κ1) is 14.5. The van der Waals surface area contributed by atoms with E-state index in [4.69, 9.17) is 10.6 Å². The van der Waals surface area contributed by atoms with E-state index >= 15 is 0 Å². The molecule has 3 N–H and O–H groups in total. The van der Waals surface area contributed by atoms with E-state index < -0.39 is 4.92 Å². The third-order valence-electron chi connectivity index (χ3n) is 3.30. The van der Waals surface area contributed by atoms with Gasteiger partial charge in [0, 0.05) is 20.2 Å². The van der Waals surface area contributed by atoms with Crippen molar-refractivity contribution in [1.29, 1.82) is 0 Å². The molecule has 1 aromatic rings. The zero-order valence-corrected chi connectivity index (χ0v) is 11.4. The maximum Gasteiger partial charge on any atom is 0.276 e. The summed E-state index contributed by atoms with van der Waals surface area (Å²) < 4.78 is 5.66. The molecule has 2 rings (SSSR count). The minimum absolute atomic E-state index is 0.0423. The number of nitro groups is 1. The molecule has 0 aromatic carbocycles. The maximum atomic E-state index is 10.9. The fourth-order valence-electron chi connectivity index (χ4n) is 2.23. The fraction of sp³-hybridized carbons (Fsp3) is 0.583. The molecule has 8 nitrogen and oxygen atoms in total. The number of hydrazine groups is 1. The monoisotopic (exact) mass is 281 g/mol. The van der Waals surface area contributed by atoms with Crippen molar-refractivity contribution in [3.63, 3.8) is 0 Å². The minimum atomic E-state index is -0.461. The molecule has 1 aliphatic rings. The lowest BCUT2D eigenvalue weighted by molar-refractivity contribution is -0.384. The second-order valence-electron chi connectivity index (χ2n) is 4.84. The van der Waals surface area contributed by atoms with E-state index in [1.54, 1.807) is 0 Å². The highest BCUT2D eigenvalue weighted by Gasteiger charge is 2.19. The van der Waals surface area contributed by atoms with Crippen LogP contribution in [-0.4, -0.2) is 36.2 Å². The van der Waals surface area contributed by atoms with Gasteiger partial charge in [0.15, 0.2) is 0 Å². The topological polar surface area (TPSA) is 107 Å². The van der Waals surface area contributed by atoms with Crippen molar-refractivity contribution >= 4 is 17.3 Å². The number of nitrogens with zero attached hydrogens (tertiary/aromatic N) is 3. The van der Waals surface area contributed by atoms with Gasteiger partial charge >= 0.3 is 0 Å². The van der Waals surface area contributed by atoms with Crippen LogP contribution in [0.2, 0.25) is 0 Å². The molecule has 0 saturated carbocycles. The molecule has 1 fully saturated rings. The van der Waals surface area contributed by atoms with Crippen molar-refractivity contribution in [3.05, 3.63) is 22.2 Å². The highest BCUT2D eigenvalue weighted by atomic mass is 16.6. The first-order chi connectivity index (χ1) is 9.60. The van der Waals surface area contributed by atoms with Crippen molar-refractivity contribution in [2.24, 2.45) is 5.84 Å². The fourth-order valence-corrected chi connectivity index (χ4v) is 2.23. The molecule has 1 aromatic heterocycles. The van der Waals surface area contributed by atoms with Crippen molar-refractivity contribution in [3.8, 4) is 0 Å². The molecule has 1 aliphatic heterocycles. The van der Waals surface area contributed by atoms with Crippen LogP contribution in [0.4, 0.5) is 17.3 Å². The Morgan fingerprint density at radius 2 is 2.40 bits per heavy atom. The van der Waals surface area contributed by atoms with Gasteiger partial charge in [0.1, 0.15) is 11.6 Å². The molecular formula is C12H19N5O3. The van der Waals surface area contributed by atoms with Crippen LogP contribution in [0.1, 0.15) is 19.3 Å². The Bertz CT molecular complexity index is 476. The Hall–Kier alpha value is -1.93. The van der Waals surface area contributed by atoms with E-state index in [9.17, 15) is 10.1 Å². The largest absolute Gasteiger partial charge is 0.376 e. The third kappa shape index (κ3) is 3.55. The molecule has 0 bridgehead atoms. The second-order valence-corrected chi connectivity index (χ2v) is 4.84. The van der Waals surface area contributed by atoms with Crippen LogP contribution in [0.15, 0.2) is 12.1 Å². The van der Waals surface area contributed by atoms with Crippen LogP contribution in [0, 0.1) is 10.1 Å². The molecular weight excluding hydrogens is 262 g/mol. The highest BCUT2D eigenvalue weighted by Crippen LogP contribution is 2.23. The summed E-state index contributed by atoms with van der Waals surface area (Å²) in [6.45, 7) is 1.43. The molecule has 20 heavy (non-hydrogen) atoms. The first-order valence-corrected chi connectivity index (χ1v) is 6.56. The second kappa shape index (κ2) is 6.49. The number of nitrogens with two attached hydrogens (primary N) is 1. The maximum absolute atomic E-state index is 10.9. The normalized spacial score (nSPS) is 18.6. The zero-order valence-electron chi connectivity index (χ0n) is 11.4. The standard InChI is InChI=1S/C12H19N5O3/c1-16(8-10-4-2-3-5-20-10)12-7-9(17(18)19)6-11(14-12)15-13/h6-7,10H,2-5,8,13H2,1H3,(H,14,15). The molecule has 0 aliphatic carbocycles. The van der Waals surface area contributed by atoms with Gasteiger partial charge in [-0.15, -0.1) is 0 Å². The molecule has 8 heteroatoms. The van der Waals surface area contributed by atoms with Crippen molar-refractivity contribution < 1.29 is 9.66 Å². The summed E-state index contributed by atoms with van der Waals surface area (Å²) in [6.07, 6.45) is 3.39. The van der Waals surface area contributed by atoms with Gasteiger partial charge < -0.3 is 15.1 Å². The lowest BCUT2D eigenvalue weighted by Crippen LogP contribution is -2.33. The van der Waals surface area contributed by atoms with Gasteiger partial charge in [-0.2, -0.15) is 0 Å². The number of rotatable bonds is 5. The SMILES string of the molecule is CN(CC1CCCCO1)c1cc([N+](=O)[O-])cc(NN)n1. The summed E-state index contributed by atoms with van der Waals surface area (Å²) in [5.74, 6) is 6.06. The van der Waals surface area contributed by atoms with Crippen molar-refractivity contribution in [2.45, 2.75) is 25.4 Å². The smallest absolute Gasteiger partial charge is 0.276 e. The molecule has 110 valence electrons. The summed E-state index contributed by atoms with van der Waals surface area (Å²) in [5.41, 5.74) is 2.31. The number of hydrogen-bond acceptors (Lipinski definition) is 7. The zero-order chi connectivity index (χ0) is 14.5.